The zero-order valence-electron chi connectivity index (χ0n) is 22.9. The molecular weight excluding hydrogens is 482 g/mol. The largest absolute Gasteiger partial charge is 0.355 e. The first-order chi connectivity index (χ1) is 19.6. The fraction of sp³-hybridized carbons (Fsp3) is 0.0769. The molecule has 6 aromatic carbocycles. The second-order valence-electron chi connectivity index (χ2n) is 11.1. The normalized spacial score (nSPS) is 12.9. The van der Waals surface area contributed by atoms with Crippen molar-refractivity contribution in [1.29, 1.82) is 0 Å². The van der Waals surface area contributed by atoms with Crippen molar-refractivity contribution in [3.8, 4) is 44.5 Å². The Kier molecular flexibility index (Phi) is 5.86. The Balaban J connectivity index is 1.25. The quantitative estimate of drug-likeness (QED) is 0.242. The molecule has 0 unspecified atom stereocenters. The summed E-state index contributed by atoms with van der Waals surface area (Å²) in [6.07, 6.45) is 0. The van der Waals surface area contributed by atoms with E-state index in [1.54, 1.807) is 0 Å². The number of anilines is 2. The molecule has 1 heteroatoms. The predicted molar refractivity (Wildman–Crippen MR) is 170 cm³/mol. The van der Waals surface area contributed by atoms with Crippen molar-refractivity contribution in [2.45, 2.75) is 19.3 Å². The summed E-state index contributed by atoms with van der Waals surface area (Å²) in [6, 6.07) is 52.4. The van der Waals surface area contributed by atoms with Gasteiger partial charge in [0.2, 0.25) is 0 Å². The van der Waals surface area contributed by atoms with Crippen molar-refractivity contribution in [2.24, 2.45) is 0 Å². The lowest BCUT2D eigenvalue weighted by atomic mass is 9.82. The molecule has 6 aromatic rings. The molecular formula is C39H31N. The topological polar surface area (TPSA) is 12.0 Å². The lowest BCUT2D eigenvalue weighted by molar-refractivity contribution is 0.660. The van der Waals surface area contributed by atoms with Crippen LogP contribution in [-0.4, -0.2) is 0 Å². The number of fused-ring (bicyclic) bond motifs is 3. The van der Waals surface area contributed by atoms with Crippen LogP contribution in [0.25, 0.3) is 44.5 Å². The van der Waals surface area contributed by atoms with Gasteiger partial charge in [-0.2, -0.15) is 0 Å². The van der Waals surface area contributed by atoms with Gasteiger partial charge < -0.3 is 5.32 Å². The van der Waals surface area contributed by atoms with Crippen molar-refractivity contribution in [1.82, 2.24) is 0 Å². The summed E-state index contributed by atoms with van der Waals surface area (Å²) >= 11 is 0. The highest BCUT2D eigenvalue weighted by Gasteiger charge is 2.35. The van der Waals surface area contributed by atoms with E-state index in [0.717, 1.165) is 11.4 Å². The van der Waals surface area contributed by atoms with Gasteiger partial charge in [-0.25, -0.2) is 0 Å². The number of hydrogen-bond acceptors (Lipinski definition) is 1. The van der Waals surface area contributed by atoms with Gasteiger partial charge in [-0.15, -0.1) is 0 Å². The Morgan fingerprint density at radius 1 is 0.375 bits per heavy atom. The molecule has 0 spiro atoms. The van der Waals surface area contributed by atoms with Gasteiger partial charge in [0.05, 0.1) is 0 Å². The Bertz CT molecular complexity index is 1830. The second-order valence-corrected chi connectivity index (χ2v) is 11.1. The Morgan fingerprint density at radius 2 is 0.925 bits per heavy atom. The van der Waals surface area contributed by atoms with Gasteiger partial charge >= 0.3 is 0 Å². The third kappa shape index (κ3) is 4.21. The monoisotopic (exact) mass is 513 g/mol. The van der Waals surface area contributed by atoms with E-state index in [4.69, 9.17) is 0 Å². The van der Waals surface area contributed by atoms with Crippen LogP contribution in [0.5, 0.6) is 0 Å². The van der Waals surface area contributed by atoms with E-state index >= 15 is 0 Å². The minimum atomic E-state index is -0.0283. The maximum atomic E-state index is 3.71. The molecule has 192 valence electrons. The molecule has 0 aromatic heterocycles. The molecule has 0 atom stereocenters. The third-order valence-electron chi connectivity index (χ3n) is 8.26. The van der Waals surface area contributed by atoms with E-state index in [9.17, 15) is 0 Å². The summed E-state index contributed by atoms with van der Waals surface area (Å²) in [4.78, 5) is 0. The van der Waals surface area contributed by atoms with E-state index in [-0.39, 0.29) is 5.41 Å². The standard InChI is InChI=1S/C39H31N/c1-39(2)37-22-20-29(27-12-5-3-6-13-27)25-35(37)36-26-32(21-23-38(36)39)40-31-17-11-16-30(24-31)34-19-10-9-18-33(34)28-14-7-4-8-15-28/h3-26,40H,1-2H3. The highest BCUT2D eigenvalue weighted by Crippen LogP contribution is 2.50. The molecule has 0 amide bonds. The predicted octanol–water partition coefficient (Wildman–Crippen LogP) is 10.7. The summed E-state index contributed by atoms with van der Waals surface area (Å²) < 4.78 is 0. The van der Waals surface area contributed by atoms with Crippen LogP contribution in [0.2, 0.25) is 0 Å². The van der Waals surface area contributed by atoms with Crippen LogP contribution in [0, 0.1) is 0 Å². The minimum absolute atomic E-state index is 0.0283. The molecule has 1 nitrogen and oxygen atoms in total. The molecule has 7 rings (SSSR count). The summed E-state index contributed by atoms with van der Waals surface area (Å²) in [5.41, 5.74) is 15.0. The average Bonchev–Trinajstić information content (AvgIpc) is 3.23. The van der Waals surface area contributed by atoms with Crippen LogP contribution in [0.1, 0.15) is 25.0 Å². The fourth-order valence-electron chi connectivity index (χ4n) is 6.19. The minimum Gasteiger partial charge on any atom is -0.355 e. The maximum absolute atomic E-state index is 3.71. The molecule has 0 heterocycles. The van der Waals surface area contributed by atoms with Crippen LogP contribution in [0.4, 0.5) is 11.4 Å². The van der Waals surface area contributed by atoms with Gasteiger partial charge in [-0.3, -0.25) is 0 Å². The molecule has 0 radical (unpaired) electrons. The first-order valence-corrected chi connectivity index (χ1v) is 13.9. The van der Waals surface area contributed by atoms with Gasteiger partial charge in [-0.05, 0) is 86.0 Å². The molecule has 0 saturated heterocycles. The maximum Gasteiger partial charge on any atom is 0.0390 e. The molecule has 40 heavy (non-hydrogen) atoms. The Morgan fingerprint density at radius 3 is 1.65 bits per heavy atom. The fourth-order valence-corrected chi connectivity index (χ4v) is 6.19. The SMILES string of the molecule is CC1(C)c2ccc(Nc3cccc(-c4ccccc4-c4ccccc4)c3)cc2-c2cc(-c3ccccc3)ccc21. The van der Waals surface area contributed by atoms with E-state index in [1.165, 1.54) is 55.6 Å². The van der Waals surface area contributed by atoms with E-state index < -0.39 is 0 Å². The van der Waals surface area contributed by atoms with Crippen molar-refractivity contribution >= 4 is 11.4 Å². The lowest BCUT2D eigenvalue weighted by Crippen LogP contribution is -2.14. The summed E-state index contributed by atoms with van der Waals surface area (Å²) in [5.74, 6) is 0. The highest BCUT2D eigenvalue weighted by molar-refractivity contribution is 5.88. The summed E-state index contributed by atoms with van der Waals surface area (Å²) in [5, 5.41) is 3.71. The Labute approximate surface area is 236 Å². The first kappa shape index (κ1) is 24.2. The zero-order valence-corrected chi connectivity index (χ0v) is 22.9. The smallest absolute Gasteiger partial charge is 0.0390 e. The van der Waals surface area contributed by atoms with Gasteiger partial charge in [0, 0.05) is 16.8 Å². The summed E-state index contributed by atoms with van der Waals surface area (Å²) in [7, 11) is 0. The highest BCUT2D eigenvalue weighted by atomic mass is 14.9. The molecule has 0 aliphatic heterocycles. The zero-order chi connectivity index (χ0) is 27.1. The summed E-state index contributed by atoms with van der Waals surface area (Å²) in [6.45, 7) is 4.67. The number of rotatable bonds is 5. The van der Waals surface area contributed by atoms with Crippen molar-refractivity contribution in [3.05, 3.63) is 157 Å². The van der Waals surface area contributed by atoms with Gasteiger partial charge in [-0.1, -0.05) is 129 Å². The van der Waals surface area contributed by atoms with Crippen molar-refractivity contribution < 1.29 is 0 Å². The van der Waals surface area contributed by atoms with Crippen LogP contribution in [0.3, 0.4) is 0 Å². The number of hydrogen-bond donors (Lipinski definition) is 1. The van der Waals surface area contributed by atoms with Gasteiger partial charge in [0.25, 0.3) is 0 Å². The molecule has 0 fully saturated rings. The van der Waals surface area contributed by atoms with Crippen molar-refractivity contribution in [3.63, 3.8) is 0 Å². The van der Waals surface area contributed by atoms with Crippen LogP contribution >= 0.6 is 0 Å². The molecule has 1 aliphatic rings. The second kappa shape index (κ2) is 9.70. The average molecular weight is 514 g/mol. The van der Waals surface area contributed by atoms with E-state index in [0.29, 0.717) is 0 Å². The van der Waals surface area contributed by atoms with Gasteiger partial charge in [0.1, 0.15) is 0 Å². The van der Waals surface area contributed by atoms with Crippen LogP contribution < -0.4 is 5.32 Å². The molecule has 1 aliphatic carbocycles. The van der Waals surface area contributed by atoms with Crippen LogP contribution in [-0.2, 0) is 5.41 Å². The van der Waals surface area contributed by atoms with Crippen LogP contribution in [0.15, 0.2) is 146 Å². The number of benzene rings is 6. The molecule has 0 bridgehead atoms. The first-order valence-electron chi connectivity index (χ1n) is 13.9. The third-order valence-corrected chi connectivity index (χ3v) is 8.26. The Hall–Kier alpha value is -4.88. The molecule has 0 saturated carbocycles. The van der Waals surface area contributed by atoms with Crippen molar-refractivity contribution in [2.75, 3.05) is 5.32 Å². The van der Waals surface area contributed by atoms with E-state index in [2.05, 4.69) is 165 Å². The lowest BCUT2D eigenvalue weighted by Gasteiger charge is -2.21. The number of nitrogens with one attached hydrogen (secondary N) is 1. The van der Waals surface area contributed by atoms with E-state index in [1.807, 2.05) is 0 Å². The molecule has 1 N–H and O–H groups in total. The van der Waals surface area contributed by atoms with Gasteiger partial charge in [0.15, 0.2) is 0 Å².